The fraction of sp³-hybridized carbons (Fsp3) is 0.220. The van der Waals surface area contributed by atoms with Gasteiger partial charge in [0.2, 0.25) is 0 Å². The molecule has 2 nitrogen and oxygen atoms in total. The Bertz CT molecular complexity index is 1940. The van der Waals surface area contributed by atoms with Crippen LogP contribution in [-0.4, -0.2) is 0 Å². The second kappa shape index (κ2) is 11.1. The summed E-state index contributed by atoms with van der Waals surface area (Å²) in [5, 5.41) is 7.50. The second-order valence-corrected chi connectivity index (χ2v) is 14.5. The van der Waals surface area contributed by atoms with Crippen LogP contribution in [0.15, 0.2) is 133 Å². The zero-order valence-corrected chi connectivity index (χ0v) is 27.7. The molecule has 0 heterocycles. The van der Waals surface area contributed by atoms with Crippen molar-refractivity contribution in [3.05, 3.63) is 166 Å². The van der Waals surface area contributed by atoms with E-state index in [-0.39, 0.29) is 5.41 Å². The van der Waals surface area contributed by atoms with Crippen molar-refractivity contribution in [3.63, 3.8) is 0 Å². The van der Waals surface area contributed by atoms with Crippen LogP contribution < -0.4 is 10.6 Å². The first-order chi connectivity index (χ1) is 21.6. The molecule has 2 atom stereocenters. The Morgan fingerprint density at radius 1 is 0.600 bits per heavy atom. The van der Waals surface area contributed by atoms with Gasteiger partial charge in [-0.3, -0.25) is 0 Å². The number of nitrogens with one attached hydrogen (secondary N) is 2. The molecule has 45 heavy (non-hydrogen) atoms. The fourth-order valence-corrected chi connectivity index (χ4v) is 8.23. The smallest absolute Gasteiger partial charge is 0.0935 e. The first kappa shape index (κ1) is 29.7. The zero-order valence-electron chi connectivity index (χ0n) is 26.2. The fourth-order valence-electron chi connectivity index (χ4n) is 7.37. The molecule has 0 bridgehead atoms. The lowest BCUT2D eigenvalue weighted by molar-refractivity contribution is 0.660. The quantitative estimate of drug-likeness (QED) is 0.207. The van der Waals surface area contributed by atoms with Gasteiger partial charge in [0.25, 0.3) is 0 Å². The van der Waals surface area contributed by atoms with Gasteiger partial charge in [0, 0.05) is 46.6 Å². The third-order valence-corrected chi connectivity index (χ3v) is 10.6. The first-order valence-electron chi connectivity index (χ1n) is 15.7. The summed E-state index contributed by atoms with van der Waals surface area (Å²) in [4.78, 5) is -1.15. The van der Waals surface area contributed by atoms with Gasteiger partial charge in [-0.25, -0.2) is 0 Å². The number of benzene rings is 4. The minimum atomic E-state index is -0.582. The molecule has 0 aromatic heterocycles. The number of hydrogen-bond acceptors (Lipinski definition) is 2. The number of allylic oxidation sites excluding steroid dienone is 8. The van der Waals surface area contributed by atoms with E-state index >= 15 is 0 Å². The zero-order chi connectivity index (χ0) is 31.4. The summed E-state index contributed by atoms with van der Waals surface area (Å²) in [5.41, 5.74) is 14.1. The number of fused-ring (bicyclic) bond motifs is 3. The van der Waals surface area contributed by atoms with Crippen molar-refractivity contribution >= 4 is 34.6 Å². The molecule has 0 aliphatic heterocycles. The molecule has 3 aliphatic carbocycles. The van der Waals surface area contributed by atoms with Crippen LogP contribution in [0.4, 0.5) is 11.4 Å². The lowest BCUT2D eigenvalue weighted by Gasteiger charge is -2.30. The number of alkyl halides is 2. The van der Waals surface area contributed by atoms with E-state index in [4.69, 9.17) is 23.2 Å². The molecule has 0 saturated heterocycles. The van der Waals surface area contributed by atoms with Crippen molar-refractivity contribution in [1.29, 1.82) is 0 Å². The van der Waals surface area contributed by atoms with Crippen LogP contribution in [0.1, 0.15) is 60.1 Å². The lowest BCUT2D eigenvalue weighted by Crippen LogP contribution is -2.22. The summed E-state index contributed by atoms with van der Waals surface area (Å²) in [5.74, 6) is 0. The minimum absolute atomic E-state index is 0.156. The third-order valence-electron chi connectivity index (χ3n) is 9.70. The molecule has 0 fully saturated rings. The Morgan fingerprint density at radius 3 is 1.76 bits per heavy atom. The van der Waals surface area contributed by atoms with E-state index in [1.807, 2.05) is 0 Å². The normalized spacial score (nSPS) is 22.7. The SMILES string of the molecule is Cc1ccccc1C1(Cl)C=CC=C(Nc2ccc3c(c2)C(C)(C)c2cccc(NC4=CC=CC(Cl)(c5ccccc5C)C4)c2-3)C1. The average molecular weight is 630 g/mol. The highest BCUT2D eigenvalue weighted by atomic mass is 35.5. The highest BCUT2D eigenvalue weighted by molar-refractivity contribution is 6.26. The highest BCUT2D eigenvalue weighted by Gasteiger charge is 2.38. The van der Waals surface area contributed by atoms with E-state index in [0.717, 1.165) is 33.9 Å². The van der Waals surface area contributed by atoms with Gasteiger partial charge in [-0.15, -0.1) is 23.2 Å². The molecule has 226 valence electrons. The summed E-state index contributed by atoms with van der Waals surface area (Å²) >= 11 is 14.5. The molecule has 0 saturated carbocycles. The number of halogens is 2. The third kappa shape index (κ3) is 5.25. The van der Waals surface area contributed by atoms with E-state index in [1.165, 1.54) is 33.4 Å². The van der Waals surface area contributed by atoms with Crippen molar-refractivity contribution in [2.24, 2.45) is 0 Å². The largest absolute Gasteiger partial charge is 0.359 e. The van der Waals surface area contributed by atoms with E-state index < -0.39 is 9.75 Å². The highest BCUT2D eigenvalue weighted by Crippen LogP contribution is 2.53. The Balaban J connectivity index is 1.16. The predicted molar refractivity (Wildman–Crippen MR) is 192 cm³/mol. The standard InChI is InChI=1S/C41H38Cl2N2/c1-27-12-5-7-16-33(27)40(42)22-10-14-30(25-40)44-29-20-21-32-36(24-29)39(3,4)35-18-9-19-37(38(32)35)45-31-15-11-23-41(43,26-31)34-17-8-6-13-28(34)2/h5-24,44-45H,25-26H2,1-4H3. The van der Waals surface area contributed by atoms with Gasteiger partial charge in [0.15, 0.2) is 0 Å². The van der Waals surface area contributed by atoms with E-state index in [1.54, 1.807) is 0 Å². The molecular weight excluding hydrogens is 591 g/mol. The van der Waals surface area contributed by atoms with E-state index in [0.29, 0.717) is 12.8 Å². The molecule has 4 aromatic rings. The molecule has 2 unspecified atom stereocenters. The van der Waals surface area contributed by atoms with Crippen molar-refractivity contribution in [2.45, 2.75) is 55.7 Å². The maximum atomic E-state index is 7.28. The summed E-state index contributed by atoms with van der Waals surface area (Å²) < 4.78 is 0. The van der Waals surface area contributed by atoms with Crippen molar-refractivity contribution < 1.29 is 0 Å². The molecule has 0 radical (unpaired) electrons. The van der Waals surface area contributed by atoms with Crippen LogP contribution in [0.3, 0.4) is 0 Å². The van der Waals surface area contributed by atoms with Gasteiger partial charge >= 0.3 is 0 Å². The monoisotopic (exact) mass is 628 g/mol. The molecular formula is C41H38Cl2N2. The first-order valence-corrected chi connectivity index (χ1v) is 16.4. The van der Waals surface area contributed by atoms with E-state index in [2.05, 4.69) is 160 Å². The topological polar surface area (TPSA) is 24.1 Å². The Labute approximate surface area is 277 Å². The van der Waals surface area contributed by atoms with Crippen molar-refractivity contribution in [1.82, 2.24) is 0 Å². The van der Waals surface area contributed by atoms with Gasteiger partial charge in [0.05, 0.1) is 9.75 Å². The van der Waals surface area contributed by atoms with Crippen molar-refractivity contribution in [3.8, 4) is 11.1 Å². The maximum absolute atomic E-state index is 7.28. The summed E-state index contributed by atoms with van der Waals surface area (Å²) in [7, 11) is 0. The Hall–Kier alpha value is -3.98. The Morgan fingerprint density at radius 2 is 1.16 bits per heavy atom. The van der Waals surface area contributed by atoms with Crippen LogP contribution in [0.2, 0.25) is 0 Å². The molecule has 7 rings (SSSR count). The van der Waals surface area contributed by atoms with E-state index in [9.17, 15) is 0 Å². The molecule has 0 amide bonds. The van der Waals surface area contributed by atoms with Crippen molar-refractivity contribution in [2.75, 3.05) is 10.6 Å². The second-order valence-electron chi connectivity index (χ2n) is 13.2. The number of rotatable bonds is 6. The van der Waals surface area contributed by atoms with Crippen LogP contribution in [0, 0.1) is 13.8 Å². The molecule has 3 aliphatic rings. The lowest BCUT2D eigenvalue weighted by atomic mass is 9.82. The van der Waals surface area contributed by atoms with Gasteiger partial charge in [-0.2, -0.15) is 0 Å². The summed E-state index contributed by atoms with van der Waals surface area (Å²) in [6.07, 6.45) is 14.0. The van der Waals surface area contributed by atoms with Crippen LogP contribution in [-0.2, 0) is 15.2 Å². The average Bonchev–Trinajstić information content (AvgIpc) is 3.24. The molecule has 4 aromatic carbocycles. The minimum Gasteiger partial charge on any atom is -0.359 e. The van der Waals surface area contributed by atoms with Gasteiger partial charge in [0.1, 0.15) is 0 Å². The number of anilines is 2. The van der Waals surface area contributed by atoms with Gasteiger partial charge in [-0.1, -0.05) is 105 Å². The maximum Gasteiger partial charge on any atom is 0.0935 e. The molecule has 4 heteroatoms. The Kier molecular flexibility index (Phi) is 7.34. The van der Waals surface area contributed by atoms with Gasteiger partial charge < -0.3 is 10.6 Å². The predicted octanol–water partition coefficient (Wildman–Crippen LogP) is 11.4. The number of hydrogen-bond donors (Lipinski definition) is 2. The van der Waals surface area contributed by atoms with Crippen LogP contribution in [0.5, 0.6) is 0 Å². The molecule has 0 spiro atoms. The summed E-state index contributed by atoms with van der Waals surface area (Å²) in [6.45, 7) is 8.89. The number of aryl methyl sites for hydroxylation is 2. The van der Waals surface area contributed by atoms with Crippen LogP contribution >= 0.6 is 23.2 Å². The van der Waals surface area contributed by atoms with Crippen LogP contribution in [0.25, 0.3) is 11.1 Å². The molecule has 2 N–H and O–H groups in total. The summed E-state index contributed by atoms with van der Waals surface area (Å²) in [6, 6.07) is 30.1. The van der Waals surface area contributed by atoms with Gasteiger partial charge in [-0.05, 0) is 83.1 Å².